The minimum Gasteiger partial charge on any atom is -0.434 e. The molecule has 2 N–H and O–H groups in total. The molecule has 1 aliphatic rings. The van der Waals surface area contributed by atoms with Crippen molar-refractivity contribution in [3.8, 4) is 5.75 Å². The highest BCUT2D eigenvalue weighted by molar-refractivity contribution is 7.89. The van der Waals surface area contributed by atoms with Crippen LogP contribution >= 0.6 is 0 Å². The molecule has 0 saturated heterocycles. The quantitative estimate of drug-likeness (QED) is 0.609. The maximum absolute atomic E-state index is 12.4. The van der Waals surface area contributed by atoms with Crippen LogP contribution in [0, 0.1) is 0 Å². The van der Waals surface area contributed by atoms with Crippen molar-refractivity contribution in [2.24, 2.45) is 0 Å². The summed E-state index contributed by atoms with van der Waals surface area (Å²) < 4.78 is 56.1. The van der Waals surface area contributed by atoms with Gasteiger partial charge in [0.1, 0.15) is 5.75 Å². The fraction of sp³-hybridized carbons (Fsp3) is 0.250. The highest BCUT2D eigenvalue weighted by Crippen LogP contribution is 2.23. The summed E-state index contributed by atoms with van der Waals surface area (Å²) in [6.45, 7) is -2.76. The summed E-state index contributed by atoms with van der Waals surface area (Å²) in [5, 5.41) is 2.65. The molecule has 2 aromatic carbocycles. The Morgan fingerprint density at radius 2 is 1.83 bits per heavy atom. The Kier molecular flexibility index (Phi) is 6.60. The molecule has 154 valence electrons. The van der Waals surface area contributed by atoms with Gasteiger partial charge in [-0.1, -0.05) is 30.3 Å². The van der Waals surface area contributed by atoms with E-state index < -0.39 is 22.5 Å². The third-order valence-electron chi connectivity index (χ3n) is 4.15. The number of carbonyl (C=O) groups is 1. The number of alkyl halides is 2. The second-order valence-electron chi connectivity index (χ2n) is 6.51. The van der Waals surface area contributed by atoms with Gasteiger partial charge in [-0.3, -0.25) is 4.79 Å². The molecule has 0 bridgehead atoms. The monoisotopic (exact) mass is 422 g/mol. The van der Waals surface area contributed by atoms with Crippen LogP contribution in [0.1, 0.15) is 24.0 Å². The molecule has 0 radical (unpaired) electrons. The zero-order valence-electron chi connectivity index (χ0n) is 15.3. The van der Waals surface area contributed by atoms with E-state index in [4.69, 9.17) is 0 Å². The predicted octanol–water partition coefficient (Wildman–Crippen LogP) is 3.06. The number of hydrogen-bond acceptors (Lipinski definition) is 4. The fourth-order valence-electron chi connectivity index (χ4n) is 2.51. The van der Waals surface area contributed by atoms with Gasteiger partial charge in [0.25, 0.3) is 0 Å². The van der Waals surface area contributed by atoms with Gasteiger partial charge in [0, 0.05) is 24.2 Å². The van der Waals surface area contributed by atoms with E-state index in [0.29, 0.717) is 5.56 Å². The van der Waals surface area contributed by atoms with E-state index in [2.05, 4.69) is 14.8 Å². The third kappa shape index (κ3) is 6.37. The van der Waals surface area contributed by atoms with Crippen LogP contribution in [0.25, 0.3) is 6.08 Å². The zero-order valence-corrected chi connectivity index (χ0v) is 16.2. The van der Waals surface area contributed by atoms with E-state index in [1.807, 2.05) is 0 Å². The summed E-state index contributed by atoms with van der Waals surface area (Å²) in [7, 11) is -3.51. The number of nitrogens with one attached hydrogen (secondary N) is 2. The lowest BCUT2D eigenvalue weighted by Gasteiger charge is -2.08. The summed E-state index contributed by atoms with van der Waals surface area (Å²) in [6, 6.07) is 12.4. The van der Waals surface area contributed by atoms with E-state index in [-0.39, 0.29) is 23.2 Å². The Morgan fingerprint density at radius 3 is 2.48 bits per heavy atom. The molecule has 1 fully saturated rings. The highest BCUT2D eigenvalue weighted by Gasteiger charge is 2.27. The maximum atomic E-state index is 12.4. The molecule has 3 rings (SSSR count). The molecule has 2 aromatic rings. The van der Waals surface area contributed by atoms with Crippen LogP contribution in [0.3, 0.4) is 0 Å². The number of hydrogen-bond donors (Lipinski definition) is 2. The van der Waals surface area contributed by atoms with Crippen LogP contribution in [-0.4, -0.2) is 27.0 Å². The van der Waals surface area contributed by atoms with Crippen LogP contribution in [0.5, 0.6) is 5.75 Å². The van der Waals surface area contributed by atoms with Gasteiger partial charge in [0.2, 0.25) is 15.9 Å². The fourth-order valence-corrected chi connectivity index (χ4v) is 3.82. The lowest BCUT2D eigenvalue weighted by molar-refractivity contribution is -0.116. The highest BCUT2D eigenvalue weighted by atomic mass is 32.2. The smallest absolute Gasteiger partial charge is 0.387 e. The standard InChI is InChI=1S/C20H20F2N2O4S/c21-20(22)28-18-4-2-1-3-15(18)7-12-19(25)23-13-14-5-10-17(11-6-14)29(26,27)24-16-8-9-16/h1-7,10-12,16,20,24H,8-9,13H2,(H,23,25). The van der Waals surface area contributed by atoms with Crippen molar-refractivity contribution >= 4 is 22.0 Å². The normalized spacial score (nSPS) is 14.3. The number of ether oxygens (including phenoxy) is 1. The first-order valence-electron chi connectivity index (χ1n) is 8.94. The van der Waals surface area contributed by atoms with Gasteiger partial charge in [0.05, 0.1) is 4.90 Å². The van der Waals surface area contributed by atoms with Gasteiger partial charge in [0.15, 0.2) is 0 Å². The lowest BCUT2D eigenvalue weighted by Crippen LogP contribution is -2.25. The molecule has 1 saturated carbocycles. The van der Waals surface area contributed by atoms with E-state index in [1.165, 1.54) is 30.4 Å². The molecule has 0 spiro atoms. The summed E-state index contributed by atoms with van der Waals surface area (Å²) in [5.74, 6) is -0.452. The van der Waals surface area contributed by atoms with Crippen LogP contribution in [0.15, 0.2) is 59.5 Å². The first kappa shape index (κ1) is 20.9. The summed E-state index contributed by atoms with van der Waals surface area (Å²) in [6.07, 6.45) is 4.31. The SMILES string of the molecule is O=C(C=Cc1ccccc1OC(F)F)NCc1ccc(S(=O)(=O)NC2CC2)cc1. The topological polar surface area (TPSA) is 84.5 Å². The van der Waals surface area contributed by atoms with Crippen LogP contribution < -0.4 is 14.8 Å². The number of para-hydroxylation sites is 1. The van der Waals surface area contributed by atoms with Gasteiger partial charge in [-0.2, -0.15) is 8.78 Å². The van der Waals surface area contributed by atoms with Crippen molar-refractivity contribution in [2.45, 2.75) is 36.9 Å². The molecule has 0 aliphatic heterocycles. The zero-order chi connectivity index (χ0) is 20.9. The second kappa shape index (κ2) is 9.15. The largest absolute Gasteiger partial charge is 0.434 e. The maximum Gasteiger partial charge on any atom is 0.387 e. The summed E-state index contributed by atoms with van der Waals surface area (Å²) in [5.41, 5.74) is 1.07. The minimum atomic E-state index is -3.51. The van der Waals surface area contributed by atoms with Gasteiger partial charge in [-0.05, 0) is 42.7 Å². The molecule has 0 atom stereocenters. The van der Waals surface area contributed by atoms with Crippen molar-refractivity contribution in [2.75, 3.05) is 0 Å². The lowest BCUT2D eigenvalue weighted by atomic mass is 10.2. The molecule has 0 aromatic heterocycles. The van der Waals surface area contributed by atoms with E-state index >= 15 is 0 Å². The first-order chi connectivity index (χ1) is 13.8. The Hall–Kier alpha value is -2.78. The molecule has 0 heterocycles. The Bertz CT molecular complexity index is 988. The van der Waals surface area contributed by atoms with Crippen molar-refractivity contribution in [1.29, 1.82) is 0 Å². The van der Waals surface area contributed by atoms with Gasteiger partial charge >= 0.3 is 6.61 Å². The molecular formula is C20H20F2N2O4S. The molecule has 0 unspecified atom stereocenters. The molecule has 29 heavy (non-hydrogen) atoms. The summed E-state index contributed by atoms with van der Waals surface area (Å²) >= 11 is 0. The molecule has 1 amide bonds. The Morgan fingerprint density at radius 1 is 1.14 bits per heavy atom. The van der Waals surface area contributed by atoms with Crippen molar-refractivity contribution in [1.82, 2.24) is 10.0 Å². The van der Waals surface area contributed by atoms with Gasteiger partial charge in [-0.25, -0.2) is 13.1 Å². The molecule has 9 heteroatoms. The first-order valence-corrected chi connectivity index (χ1v) is 10.4. The third-order valence-corrected chi connectivity index (χ3v) is 5.69. The predicted molar refractivity (Wildman–Crippen MR) is 104 cm³/mol. The van der Waals surface area contributed by atoms with E-state index in [0.717, 1.165) is 18.4 Å². The number of carbonyl (C=O) groups excluding carboxylic acids is 1. The van der Waals surface area contributed by atoms with Crippen molar-refractivity contribution in [3.63, 3.8) is 0 Å². The Balaban J connectivity index is 1.55. The van der Waals surface area contributed by atoms with E-state index in [9.17, 15) is 22.0 Å². The number of sulfonamides is 1. The minimum absolute atomic E-state index is 0.0249. The second-order valence-corrected chi connectivity index (χ2v) is 8.22. The van der Waals surface area contributed by atoms with E-state index in [1.54, 1.807) is 30.3 Å². The number of benzene rings is 2. The number of halogens is 2. The number of rotatable bonds is 9. The average Bonchev–Trinajstić information content (AvgIpc) is 3.49. The molecular weight excluding hydrogens is 402 g/mol. The van der Waals surface area contributed by atoms with Gasteiger partial charge in [-0.15, -0.1) is 0 Å². The molecule has 6 nitrogen and oxygen atoms in total. The average molecular weight is 422 g/mol. The van der Waals surface area contributed by atoms with Gasteiger partial charge < -0.3 is 10.1 Å². The molecule has 1 aliphatic carbocycles. The number of amides is 1. The van der Waals surface area contributed by atoms with Crippen molar-refractivity contribution in [3.05, 3.63) is 65.7 Å². The Labute approximate surface area is 167 Å². The van der Waals surface area contributed by atoms with Crippen molar-refractivity contribution < 1.29 is 26.7 Å². The van der Waals surface area contributed by atoms with Crippen LogP contribution in [0.2, 0.25) is 0 Å². The van der Waals surface area contributed by atoms with Crippen LogP contribution in [0.4, 0.5) is 8.78 Å². The van der Waals surface area contributed by atoms with Crippen LogP contribution in [-0.2, 0) is 21.4 Å². The summed E-state index contributed by atoms with van der Waals surface area (Å²) in [4.78, 5) is 12.2.